The highest BCUT2D eigenvalue weighted by molar-refractivity contribution is 6.31. The van der Waals surface area contributed by atoms with E-state index >= 15 is 0 Å². The van der Waals surface area contributed by atoms with Crippen molar-refractivity contribution in [2.45, 2.75) is 44.2 Å². The maximum absolute atomic E-state index is 13.4. The highest BCUT2D eigenvalue weighted by atomic mass is 35.5. The minimum absolute atomic E-state index is 0.0128. The smallest absolute Gasteiger partial charge is 0.258 e. The number of hydrogen-bond acceptors (Lipinski definition) is 4. The first-order valence-electron chi connectivity index (χ1n) is 10.1. The van der Waals surface area contributed by atoms with Crippen LogP contribution >= 0.6 is 23.2 Å². The second-order valence-electron chi connectivity index (χ2n) is 8.49. The molecule has 0 aliphatic heterocycles. The van der Waals surface area contributed by atoms with E-state index in [0.29, 0.717) is 23.6 Å². The molecule has 172 valence electrons. The van der Waals surface area contributed by atoms with Crippen LogP contribution in [0.3, 0.4) is 0 Å². The predicted octanol–water partition coefficient (Wildman–Crippen LogP) is 4.52. The van der Waals surface area contributed by atoms with Gasteiger partial charge in [-0.15, -0.1) is 0 Å². The molecule has 1 aliphatic rings. The van der Waals surface area contributed by atoms with Gasteiger partial charge in [0.15, 0.2) is 6.61 Å². The molecule has 0 radical (unpaired) electrons. The van der Waals surface area contributed by atoms with Crippen LogP contribution < -0.4 is 20.1 Å². The highest BCUT2D eigenvalue weighted by Gasteiger charge is 2.50. The summed E-state index contributed by atoms with van der Waals surface area (Å²) in [4.78, 5) is 24.5. The van der Waals surface area contributed by atoms with Gasteiger partial charge < -0.3 is 20.1 Å². The number of ether oxygens (including phenoxy) is 2. The molecule has 32 heavy (non-hydrogen) atoms. The number of halogens is 3. The zero-order valence-corrected chi connectivity index (χ0v) is 19.4. The molecule has 3 rings (SSSR count). The van der Waals surface area contributed by atoms with Crippen LogP contribution in [0.15, 0.2) is 42.5 Å². The van der Waals surface area contributed by atoms with E-state index in [1.165, 1.54) is 12.1 Å². The van der Waals surface area contributed by atoms with Gasteiger partial charge in [-0.25, -0.2) is 4.39 Å². The van der Waals surface area contributed by atoms with Crippen LogP contribution in [0.1, 0.15) is 33.1 Å². The van der Waals surface area contributed by atoms with Crippen LogP contribution in [0.5, 0.6) is 11.5 Å². The van der Waals surface area contributed by atoms with Gasteiger partial charge in [0.05, 0.1) is 18.1 Å². The first-order valence-corrected chi connectivity index (χ1v) is 10.9. The van der Waals surface area contributed by atoms with Crippen molar-refractivity contribution in [3.63, 3.8) is 0 Å². The molecule has 0 atom stereocenters. The van der Waals surface area contributed by atoms with E-state index in [2.05, 4.69) is 10.6 Å². The lowest BCUT2D eigenvalue weighted by atomic mass is 9.64. The van der Waals surface area contributed by atoms with E-state index in [4.69, 9.17) is 32.7 Å². The summed E-state index contributed by atoms with van der Waals surface area (Å²) < 4.78 is 24.3. The maximum atomic E-state index is 13.4. The molecule has 2 aromatic carbocycles. The summed E-state index contributed by atoms with van der Waals surface area (Å²) in [6.45, 7) is 3.83. The van der Waals surface area contributed by atoms with Crippen LogP contribution in [0.25, 0.3) is 0 Å². The van der Waals surface area contributed by atoms with Crippen molar-refractivity contribution in [3.05, 3.63) is 58.3 Å². The van der Waals surface area contributed by atoms with E-state index in [0.717, 1.165) is 6.07 Å². The number of rotatable bonds is 9. The molecule has 0 bridgehead atoms. The molecule has 1 fully saturated rings. The number of benzene rings is 2. The standard InChI is InChI=1S/C23H25Cl2FN2O4/c1-22(27-20(29)8-9-31-16-5-3-4-15(24)10-16)13-23(2,14-22)28-21(30)12-32-17-6-7-18(25)19(26)11-17/h3-7,10-11H,8-9,12-14H2,1-2H3,(H,27,29)(H,28,30). The minimum Gasteiger partial charge on any atom is -0.493 e. The molecule has 2 amide bonds. The Morgan fingerprint density at radius 3 is 2.28 bits per heavy atom. The molecule has 2 aromatic rings. The summed E-state index contributed by atoms with van der Waals surface area (Å²) in [6, 6.07) is 11.0. The Balaban J connectivity index is 1.38. The topological polar surface area (TPSA) is 76.7 Å². The highest BCUT2D eigenvalue weighted by Crippen LogP contribution is 2.41. The molecule has 0 aromatic heterocycles. The Kier molecular flexibility index (Phi) is 7.51. The number of nitrogens with one attached hydrogen (secondary N) is 2. The van der Waals surface area contributed by atoms with Crippen molar-refractivity contribution in [3.8, 4) is 11.5 Å². The molecular formula is C23H25Cl2FN2O4. The second-order valence-corrected chi connectivity index (χ2v) is 9.34. The Labute approximate surface area is 196 Å². The zero-order chi connectivity index (χ0) is 23.4. The Bertz CT molecular complexity index is 996. The van der Waals surface area contributed by atoms with Crippen LogP contribution in [0.4, 0.5) is 4.39 Å². The van der Waals surface area contributed by atoms with E-state index in [9.17, 15) is 14.0 Å². The summed E-state index contributed by atoms with van der Waals surface area (Å²) in [5.74, 6) is -0.237. The van der Waals surface area contributed by atoms with E-state index in [-0.39, 0.29) is 42.2 Å². The summed E-state index contributed by atoms with van der Waals surface area (Å²) in [7, 11) is 0. The number of carbonyl (C=O) groups is 2. The van der Waals surface area contributed by atoms with Gasteiger partial charge in [0, 0.05) is 22.2 Å². The number of hydrogen-bond donors (Lipinski definition) is 2. The fourth-order valence-corrected chi connectivity index (χ4v) is 4.45. The first-order chi connectivity index (χ1) is 15.1. The molecule has 0 spiro atoms. The Morgan fingerprint density at radius 1 is 0.969 bits per heavy atom. The average Bonchev–Trinajstić information content (AvgIpc) is 2.67. The van der Waals surface area contributed by atoms with E-state index in [1.54, 1.807) is 24.3 Å². The predicted molar refractivity (Wildman–Crippen MR) is 121 cm³/mol. The van der Waals surface area contributed by atoms with Gasteiger partial charge in [-0.2, -0.15) is 0 Å². The van der Waals surface area contributed by atoms with Crippen LogP contribution in [0, 0.1) is 5.82 Å². The average molecular weight is 483 g/mol. The molecule has 2 N–H and O–H groups in total. The van der Waals surface area contributed by atoms with Gasteiger partial charge in [-0.05, 0) is 57.0 Å². The van der Waals surface area contributed by atoms with Crippen molar-refractivity contribution in [2.24, 2.45) is 0 Å². The van der Waals surface area contributed by atoms with Gasteiger partial charge in [0.1, 0.15) is 17.3 Å². The lowest BCUT2D eigenvalue weighted by Gasteiger charge is -2.53. The van der Waals surface area contributed by atoms with Crippen molar-refractivity contribution in [1.82, 2.24) is 10.6 Å². The largest absolute Gasteiger partial charge is 0.493 e. The third kappa shape index (κ3) is 6.74. The fraction of sp³-hybridized carbons (Fsp3) is 0.391. The van der Waals surface area contributed by atoms with E-state index in [1.807, 2.05) is 13.8 Å². The third-order valence-electron chi connectivity index (χ3n) is 5.10. The zero-order valence-electron chi connectivity index (χ0n) is 17.8. The SMILES string of the molecule is CC1(NC(=O)CCOc2cccc(Cl)c2)CC(C)(NC(=O)COc2ccc(Cl)c(F)c2)C1. The molecule has 1 aliphatic carbocycles. The van der Waals surface area contributed by atoms with Crippen LogP contribution in [-0.4, -0.2) is 36.1 Å². The lowest BCUT2D eigenvalue weighted by molar-refractivity contribution is -0.129. The monoisotopic (exact) mass is 482 g/mol. The summed E-state index contributed by atoms with van der Waals surface area (Å²) >= 11 is 11.5. The molecule has 9 heteroatoms. The first kappa shape index (κ1) is 24.1. The maximum Gasteiger partial charge on any atom is 0.258 e. The molecular weight excluding hydrogens is 458 g/mol. The minimum atomic E-state index is -0.611. The third-order valence-corrected chi connectivity index (χ3v) is 5.64. The summed E-state index contributed by atoms with van der Waals surface area (Å²) in [5.41, 5.74) is -0.889. The second kappa shape index (κ2) is 9.96. The number of carbonyl (C=O) groups excluding carboxylic acids is 2. The van der Waals surface area contributed by atoms with Crippen molar-refractivity contribution in [1.29, 1.82) is 0 Å². The number of amides is 2. The Hall–Kier alpha value is -2.51. The van der Waals surface area contributed by atoms with Crippen molar-refractivity contribution >= 4 is 35.0 Å². The fourth-order valence-electron chi connectivity index (χ4n) is 4.15. The summed E-state index contributed by atoms with van der Waals surface area (Å²) in [6.07, 6.45) is 1.35. The van der Waals surface area contributed by atoms with Crippen molar-refractivity contribution in [2.75, 3.05) is 13.2 Å². The van der Waals surface area contributed by atoms with Crippen LogP contribution in [-0.2, 0) is 9.59 Å². The Morgan fingerprint density at radius 2 is 1.62 bits per heavy atom. The van der Waals surface area contributed by atoms with Gasteiger partial charge in [-0.1, -0.05) is 29.3 Å². The normalized spacial score (nSPS) is 21.9. The molecule has 0 unspecified atom stereocenters. The van der Waals surface area contributed by atoms with Gasteiger partial charge in [0.25, 0.3) is 5.91 Å². The summed E-state index contributed by atoms with van der Waals surface area (Å²) in [5, 5.41) is 6.48. The molecule has 1 saturated carbocycles. The van der Waals surface area contributed by atoms with Crippen LogP contribution in [0.2, 0.25) is 10.0 Å². The molecule has 6 nitrogen and oxygen atoms in total. The quantitative estimate of drug-likeness (QED) is 0.550. The van der Waals surface area contributed by atoms with E-state index < -0.39 is 16.9 Å². The van der Waals surface area contributed by atoms with Gasteiger partial charge in [0.2, 0.25) is 5.91 Å². The molecule has 0 saturated heterocycles. The van der Waals surface area contributed by atoms with Gasteiger partial charge >= 0.3 is 0 Å². The van der Waals surface area contributed by atoms with Gasteiger partial charge in [-0.3, -0.25) is 9.59 Å². The molecule has 0 heterocycles. The van der Waals surface area contributed by atoms with Crippen molar-refractivity contribution < 1.29 is 23.5 Å². The lowest BCUT2D eigenvalue weighted by Crippen LogP contribution is -2.68.